The zero-order chi connectivity index (χ0) is 37.2. The Balaban J connectivity index is 1.03. The molecule has 0 saturated heterocycles. The molecule has 4 aliphatic rings. The molecule has 272 valence electrons. The first-order valence-electron chi connectivity index (χ1n) is 21.1. The van der Waals surface area contributed by atoms with Gasteiger partial charge in [-0.25, -0.2) is 0 Å². The van der Waals surface area contributed by atoms with Crippen LogP contribution in [-0.4, -0.2) is 0 Å². The van der Waals surface area contributed by atoms with Crippen molar-refractivity contribution in [3.05, 3.63) is 169 Å². The molecule has 0 nitrogen and oxygen atoms in total. The Hall–Kier alpha value is -5.76. The predicted molar refractivity (Wildman–Crippen MR) is 245 cm³/mol. The second-order valence-electron chi connectivity index (χ2n) is 17.5. The molecule has 0 N–H and O–H groups in total. The predicted octanol–water partition coefficient (Wildman–Crippen LogP) is 16.2. The van der Waals surface area contributed by atoms with Crippen molar-refractivity contribution in [3.63, 3.8) is 0 Å². The minimum absolute atomic E-state index is 0.675. The molecular weight excluding hydrogens is 705 g/mol. The molecule has 0 atom stereocenters. The van der Waals surface area contributed by atoms with Crippen molar-refractivity contribution in [1.82, 2.24) is 0 Å². The van der Waals surface area contributed by atoms with E-state index in [1.165, 1.54) is 129 Å². The van der Waals surface area contributed by atoms with Crippen molar-refractivity contribution in [2.45, 2.75) is 38.0 Å². The van der Waals surface area contributed by atoms with Gasteiger partial charge in [-0.15, -0.1) is 11.3 Å². The van der Waals surface area contributed by atoms with E-state index in [0.29, 0.717) is 5.92 Å². The molecule has 4 aliphatic carbocycles. The molecule has 4 saturated carbocycles. The van der Waals surface area contributed by atoms with Crippen LogP contribution < -0.4 is 0 Å². The highest BCUT2D eigenvalue weighted by Crippen LogP contribution is 2.62. The molecule has 14 rings (SSSR count). The van der Waals surface area contributed by atoms with E-state index in [0.717, 1.165) is 23.7 Å². The van der Waals surface area contributed by atoms with Crippen LogP contribution in [0.25, 0.3) is 96.6 Å². The summed E-state index contributed by atoms with van der Waals surface area (Å²) in [5.74, 6) is 4.29. The summed E-state index contributed by atoms with van der Waals surface area (Å²) in [6, 6.07) is 62.1. The molecule has 0 radical (unpaired) electrons. The van der Waals surface area contributed by atoms with Gasteiger partial charge in [0, 0.05) is 25.7 Å². The normalized spacial score (nSPS) is 21.5. The number of hydrogen-bond acceptors (Lipinski definition) is 1. The Kier molecular flexibility index (Phi) is 7.02. The van der Waals surface area contributed by atoms with Gasteiger partial charge in [0.2, 0.25) is 0 Å². The number of fused-ring (bicyclic) bond motifs is 7. The van der Waals surface area contributed by atoms with E-state index in [4.69, 9.17) is 0 Å². The Morgan fingerprint density at radius 3 is 1.39 bits per heavy atom. The summed E-state index contributed by atoms with van der Waals surface area (Å²) in [5, 5.41) is 13.7. The van der Waals surface area contributed by atoms with E-state index in [-0.39, 0.29) is 0 Å². The molecular formula is C56H42S. The van der Waals surface area contributed by atoms with Crippen molar-refractivity contribution < 1.29 is 0 Å². The monoisotopic (exact) mass is 746 g/mol. The summed E-state index contributed by atoms with van der Waals surface area (Å²) in [7, 11) is 0. The lowest BCUT2D eigenvalue weighted by Gasteiger charge is -2.55. The molecule has 0 amide bonds. The third kappa shape index (κ3) is 4.73. The molecule has 1 heterocycles. The molecule has 0 spiro atoms. The average molecular weight is 747 g/mol. The molecule has 9 aromatic carbocycles. The van der Waals surface area contributed by atoms with Crippen molar-refractivity contribution in [1.29, 1.82) is 0 Å². The summed E-state index contributed by atoms with van der Waals surface area (Å²) in [5.41, 5.74) is 9.59. The van der Waals surface area contributed by atoms with Gasteiger partial charge >= 0.3 is 0 Å². The summed E-state index contributed by atoms with van der Waals surface area (Å²) in [4.78, 5) is 0. The van der Waals surface area contributed by atoms with Crippen molar-refractivity contribution in [2.75, 3.05) is 0 Å². The molecule has 4 bridgehead atoms. The molecule has 57 heavy (non-hydrogen) atoms. The maximum Gasteiger partial charge on any atom is 0.0434 e. The Morgan fingerprint density at radius 2 is 0.825 bits per heavy atom. The lowest BCUT2D eigenvalue weighted by molar-refractivity contribution is -0.00185. The smallest absolute Gasteiger partial charge is 0.0434 e. The second-order valence-corrected chi connectivity index (χ2v) is 18.6. The zero-order valence-electron chi connectivity index (χ0n) is 31.9. The molecule has 0 aliphatic heterocycles. The number of benzene rings is 9. The Labute approximate surface area is 337 Å². The van der Waals surface area contributed by atoms with Crippen LogP contribution in [0, 0.1) is 23.7 Å². The summed E-state index contributed by atoms with van der Waals surface area (Å²) in [6.07, 6.45) is 7.25. The highest BCUT2D eigenvalue weighted by Gasteiger charge is 2.49. The van der Waals surface area contributed by atoms with Crippen molar-refractivity contribution in [2.24, 2.45) is 23.7 Å². The minimum atomic E-state index is 0.675. The minimum Gasteiger partial charge on any atom is -0.135 e. The maximum atomic E-state index is 2.48. The quantitative estimate of drug-likeness (QED) is 0.157. The standard InChI is InChI=1S/C56H42S/c1-2-13-35(14-3-1)52-40-15-4-6-17-42(40)53(43-18-7-5-16-41(43)52)36-25-26-39-48-23-12-24-49(56(48)57-50(39)32-36)54-44-19-8-10-21-46(44)55(47-22-11-9-20-45(47)54)51-37-28-33-27-34(30-37)31-38(51)29-33/h1-26,32-34,37-38,51H,27-31H2. The van der Waals surface area contributed by atoms with Crippen LogP contribution in [0.3, 0.4) is 0 Å². The van der Waals surface area contributed by atoms with Gasteiger partial charge in [0.15, 0.2) is 0 Å². The molecule has 1 heteroatoms. The summed E-state index contributed by atoms with van der Waals surface area (Å²) < 4.78 is 2.73. The molecule has 10 aromatic rings. The fourth-order valence-electron chi connectivity index (χ4n) is 12.7. The van der Waals surface area contributed by atoms with Crippen LogP contribution >= 0.6 is 11.3 Å². The maximum absolute atomic E-state index is 2.48. The van der Waals surface area contributed by atoms with Crippen LogP contribution in [0.1, 0.15) is 43.6 Å². The van der Waals surface area contributed by atoms with E-state index in [1.807, 2.05) is 11.3 Å². The summed E-state index contributed by atoms with van der Waals surface area (Å²) in [6.45, 7) is 0. The number of rotatable bonds is 4. The molecule has 0 unspecified atom stereocenters. The van der Waals surface area contributed by atoms with Crippen LogP contribution in [0.15, 0.2) is 164 Å². The molecule has 4 fully saturated rings. The van der Waals surface area contributed by atoms with Crippen LogP contribution in [0.2, 0.25) is 0 Å². The van der Waals surface area contributed by atoms with Gasteiger partial charge in [-0.3, -0.25) is 0 Å². The highest BCUT2D eigenvalue weighted by atomic mass is 32.1. The van der Waals surface area contributed by atoms with E-state index in [9.17, 15) is 0 Å². The van der Waals surface area contributed by atoms with Gasteiger partial charge in [-0.1, -0.05) is 158 Å². The Morgan fingerprint density at radius 1 is 0.351 bits per heavy atom. The van der Waals surface area contributed by atoms with Gasteiger partial charge in [-0.05, 0) is 144 Å². The van der Waals surface area contributed by atoms with E-state index >= 15 is 0 Å². The number of thiophene rings is 1. The van der Waals surface area contributed by atoms with Gasteiger partial charge in [0.05, 0.1) is 0 Å². The largest absolute Gasteiger partial charge is 0.135 e. The van der Waals surface area contributed by atoms with Gasteiger partial charge < -0.3 is 0 Å². The van der Waals surface area contributed by atoms with E-state index in [1.54, 1.807) is 5.56 Å². The van der Waals surface area contributed by atoms with Gasteiger partial charge in [0.1, 0.15) is 0 Å². The lowest BCUT2D eigenvalue weighted by atomic mass is 9.50. The van der Waals surface area contributed by atoms with Gasteiger partial charge in [-0.2, -0.15) is 0 Å². The SMILES string of the molecule is c1ccc(-c2c3ccccc3c(-c3ccc4c(c3)sc3c(-c5c6ccccc6c(C6C7CC8CC(C7)CC6C8)c6ccccc56)cccc34)c3ccccc23)cc1. The topological polar surface area (TPSA) is 0 Å². The van der Waals surface area contributed by atoms with Crippen molar-refractivity contribution >= 4 is 74.6 Å². The fourth-order valence-corrected chi connectivity index (χ4v) is 14.0. The Bertz CT molecular complexity index is 3110. The first kappa shape index (κ1) is 32.3. The van der Waals surface area contributed by atoms with E-state index < -0.39 is 0 Å². The second kappa shape index (κ2) is 12.4. The van der Waals surface area contributed by atoms with E-state index in [2.05, 4.69) is 164 Å². The third-order valence-electron chi connectivity index (χ3n) is 14.6. The zero-order valence-corrected chi connectivity index (χ0v) is 32.7. The van der Waals surface area contributed by atoms with Crippen LogP contribution in [0.5, 0.6) is 0 Å². The van der Waals surface area contributed by atoms with Gasteiger partial charge in [0.25, 0.3) is 0 Å². The molecule has 1 aromatic heterocycles. The lowest BCUT2D eigenvalue weighted by Crippen LogP contribution is -2.43. The van der Waals surface area contributed by atoms with Crippen LogP contribution in [-0.2, 0) is 0 Å². The first-order valence-corrected chi connectivity index (χ1v) is 22.0. The third-order valence-corrected chi connectivity index (χ3v) is 15.8. The average Bonchev–Trinajstić information content (AvgIpc) is 3.63. The summed E-state index contributed by atoms with van der Waals surface area (Å²) >= 11 is 1.97. The first-order chi connectivity index (χ1) is 28.3. The fraction of sp³-hybridized carbons (Fsp3) is 0.179. The highest BCUT2D eigenvalue weighted by molar-refractivity contribution is 7.26. The van der Waals surface area contributed by atoms with Crippen molar-refractivity contribution in [3.8, 4) is 33.4 Å². The van der Waals surface area contributed by atoms with Crippen LogP contribution in [0.4, 0.5) is 0 Å². The number of hydrogen-bond donors (Lipinski definition) is 0.